The molecule has 0 amide bonds. The Morgan fingerprint density at radius 3 is 2.48 bits per heavy atom. The number of hydrogen-bond donors (Lipinski definition) is 2. The Morgan fingerprint density at radius 2 is 2.05 bits per heavy atom. The van der Waals surface area contributed by atoms with Crippen molar-refractivity contribution in [3.8, 4) is 0 Å². The van der Waals surface area contributed by atoms with E-state index in [1.54, 1.807) is 14.2 Å². The first-order valence-electron chi connectivity index (χ1n) is 7.35. The lowest BCUT2D eigenvalue weighted by Crippen LogP contribution is -2.46. The van der Waals surface area contributed by atoms with Crippen molar-refractivity contribution in [1.29, 1.82) is 0 Å². The van der Waals surface area contributed by atoms with Crippen molar-refractivity contribution in [1.82, 2.24) is 10.6 Å². The highest BCUT2D eigenvalue weighted by atomic mass is 32.2. The molecule has 0 saturated carbocycles. The number of sulfone groups is 1. The van der Waals surface area contributed by atoms with E-state index in [4.69, 9.17) is 4.74 Å². The second kappa shape index (κ2) is 7.45. The Morgan fingerprint density at radius 1 is 1.38 bits per heavy atom. The minimum Gasteiger partial charge on any atom is -0.379 e. The first-order chi connectivity index (χ1) is 9.68. The highest BCUT2D eigenvalue weighted by Gasteiger charge is 2.28. The summed E-state index contributed by atoms with van der Waals surface area (Å²) >= 11 is 0. The van der Waals surface area contributed by atoms with Crippen LogP contribution in [0.1, 0.15) is 27.2 Å². The molecule has 0 aliphatic carbocycles. The van der Waals surface area contributed by atoms with Gasteiger partial charge in [-0.25, -0.2) is 8.42 Å². The maximum atomic E-state index is 11.4. The lowest BCUT2D eigenvalue weighted by Gasteiger charge is -2.30. The van der Waals surface area contributed by atoms with E-state index in [9.17, 15) is 8.42 Å². The Kier molecular flexibility index (Phi) is 6.46. The summed E-state index contributed by atoms with van der Waals surface area (Å²) in [4.78, 5) is 4.16. The van der Waals surface area contributed by atoms with Crippen LogP contribution in [0.3, 0.4) is 0 Å². The Balaban J connectivity index is 2.39. The number of rotatable bonds is 5. The highest BCUT2D eigenvalue weighted by Crippen LogP contribution is 2.21. The molecule has 2 unspecified atom stereocenters. The third-order valence-corrected chi connectivity index (χ3v) is 5.65. The Labute approximate surface area is 128 Å². The predicted octanol–water partition coefficient (Wildman–Crippen LogP) is 0.647. The maximum absolute atomic E-state index is 11.4. The standard InChI is InChI=1S/C14H29N3O3S/c1-14(2,3)12(20-5)9-17-13(15-4)16-8-11-6-7-21(18,19)10-11/h11-12H,6-10H2,1-5H3,(H2,15,16,17). The summed E-state index contributed by atoms with van der Waals surface area (Å²) in [6, 6.07) is 0. The first-order valence-corrected chi connectivity index (χ1v) is 9.18. The van der Waals surface area contributed by atoms with Gasteiger partial charge in [0.1, 0.15) is 0 Å². The summed E-state index contributed by atoms with van der Waals surface area (Å²) in [7, 11) is 0.594. The monoisotopic (exact) mass is 319 g/mol. The van der Waals surface area contributed by atoms with Gasteiger partial charge in [0.15, 0.2) is 15.8 Å². The molecule has 0 aromatic carbocycles. The normalized spacial score (nSPS) is 23.9. The highest BCUT2D eigenvalue weighted by molar-refractivity contribution is 7.91. The lowest BCUT2D eigenvalue weighted by molar-refractivity contribution is 0.0205. The Hall–Kier alpha value is -0.820. The molecular weight excluding hydrogens is 290 g/mol. The SMILES string of the molecule is CN=C(NCC1CCS(=O)(=O)C1)NCC(OC)C(C)(C)C. The van der Waals surface area contributed by atoms with Crippen LogP contribution in [-0.4, -0.2) is 59.2 Å². The molecule has 1 fully saturated rings. The number of hydrogen-bond acceptors (Lipinski definition) is 4. The second-order valence-electron chi connectivity index (χ2n) is 6.69. The van der Waals surface area contributed by atoms with Crippen molar-refractivity contribution in [2.24, 2.45) is 16.3 Å². The van der Waals surface area contributed by atoms with Crippen molar-refractivity contribution < 1.29 is 13.2 Å². The maximum Gasteiger partial charge on any atom is 0.191 e. The average molecular weight is 319 g/mol. The van der Waals surface area contributed by atoms with Crippen LogP contribution < -0.4 is 10.6 Å². The molecular formula is C14H29N3O3S. The van der Waals surface area contributed by atoms with Gasteiger partial charge in [-0.15, -0.1) is 0 Å². The van der Waals surface area contributed by atoms with E-state index < -0.39 is 9.84 Å². The molecule has 2 atom stereocenters. The summed E-state index contributed by atoms with van der Waals surface area (Å²) in [5.74, 6) is 1.45. The van der Waals surface area contributed by atoms with E-state index in [0.29, 0.717) is 24.8 Å². The van der Waals surface area contributed by atoms with Crippen molar-refractivity contribution in [3.63, 3.8) is 0 Å². The van der Waals surface area contributed by atoms with E-state index in [1.807, 2.05) is 0 Å². The predicted molar refractivity (Wildman–Crippen MR) is 86.4 cm³/mol. The topological polar surface area (TPSA) is 79.8 Å². The van der Waals surface area contributed by atoms with E-state index >= 15 is 0 Å². The van der Waals surface area contributed by atoms with Gasteiger partial charge >= 0.3 is 0 Å². The zero-order valence-electron chi connectivity index (χ0n) is 13.8. The van der Waals surface area contributed by atoms with Gasteiger partial charge in [0.05, 0.1) is 17.6 Å². The number of ether oxygens (including phenoxy) is 1. The summed E-state index contributed by atoms with van der Waals surface area (Å²) in [5, 5.41) is 6.44. The third-order valence-electron chi connectivity index (χ3n) is 3.81. The molecule has 0 aromatic heterocycles. The summed E-state index contributed by atoms with van der Waals surface area (Å²) in [6.45, 7) is 7.67. The van der Waals surface area contributed by atoms with Crippen LogP contribution in [0.15, 0.2) is 4.99 Å². The van der Waals surface area contributed by atoms with Gasteiger partial charge in [-0.05, 0) is 17.8 Å². The van der Waals surface area contributed by atoms with Crippen LogP contribution in [0.25, 0.3) is 0 Å². The fourth-order valence-electron chi connectivity index (χ4n) is 2.43. The molecule has 0 bridgehead atoms. The summed E-state index contributed by atoms with van der Waals surface area (Å²) in [6.07, 6.45) is 0.803. The largest absolute Gasteiger partial charge is 0.379 e. The molecule has 0 radical (unpaired) electrons. The van der Waals surface area contributed by atoms with Gasteiger partial charge in [0.25, 0.3) is 0 Å². The van der Waals surface area contributed by atoms with E-state index in [2.05, 4.69) is 36.4 Å². The van der Waals surface area contributed by atoms with E-state index in [1.165, 1.54) is 0 Å². The average Bonchev–Trinajstić information content (AvgIpc) is 2.72. The molecule has 2 N–H and O–H groups in total. The second-order valence-corrected chi connectivity index (χ2v) is 8.92. The number of aliphatic imine (C=N–C) groups is 1. The molecule has 1 heterocycles. The van der Waals surface area contributed by atoms with Crippen LogP contribution >= 0.6 is 0 Å². The lowest BCUT2D eigenvalue weighted by atomic mass is 9.89. The van der Waals surface area contributed by atoms with Gasteiger partial charge in [-0.2, -0.15) is 0 Å². The smallest absolute Gasteiger partial charge is 0.191 e. The van der Waals surface area contributed by atoms with Crippen LogP contribution in [0.5, 0.6) is 0 Å². The van der Waals surface area contributed by atoms with Gasteiger partial charge in [0.2, 0.25) is 0 Å². The Bertz CT molecular complexity index is 455. The van der Waals surface area contributed by atoms with E-state index in [0.717, 1.165) is 6.42 Å². The number of guanidine groups is 1. The summed E-state index contributed by atoms with van der Waals surface area (Å²) < 4.78 is 28.3. The molecule has 124 valence electrons. The van der Waals surface area contributed by atoms with Gasteiger partial charge < -0.3 is 15.4 Å². The van der Waals surface area contributed by atoms with Gasteiger partial charge in [-0.3, -0.25) is 4.99 Å². The number of nitrogens with one attached hydrogen (secondary N) is 2. The molecule has 7 heteroatoms. The number of nitrogens with zero attached hydrogens (tertiary/aromatic N) is 1. The van der Waals surface area contributed by atoms with Crippen molar-refractivity contribution in [3.05, 3.63) is 0 Å². The first kappa shape index (κ1) is 18.2. The molecule has 0 aromatic rings. The zero-order valence-corrected chi connectivity index (χ0v) is 14.6. The van der Waals surface area contributed by atoms with Crippen molar-refractivity contribution >= 4 is 15.8 Å². The molecule has 1 aliphatic heterocycles. The van der Waals surface area contributed by atoms with Crippen LogP contribution in [0.4, 0.5) is 0 Å². The van der Waals surface area contributed by atoms with Gasteiger partial charge in [0, 0.05) is 27.2 Å². The van der Waals surface area contributed by atoms with E-state index in [-0.39, 0.29) is 23.2 Å². The molecule has 6 nitrogen and oxygen atoms in total. The fraction of sp³-hybridized carbons (Fsp3) is 0.929. The van der Waals surface area contributed by atoms with Crippen LogP contribution in [0, 0.1) is 11.3 Å². The van der Waals surface area contributed by atoms with Crippen LogP contribution in [0.2, 0.25) is 0 Å². The summed E-state index contributed by atoms with van der Waals surface area (Å²) in [5.41, 5.74) is 0.0418. The minimum absolute atomic E-state index is 0.0418. The minimum atomic E-state index is -2.82. The zero-order chi connectivity index (χ0) is 16.1. The third kappa shape index (κ3) is 6.22. The fourth-order valence-corrected chi connectivity index (χ4v) is 4.29. The van der Waals surface area contributed by atoms with Crippen molar-refractivity contribution in [2.45, 2.75) is 33.3 Å². The van der Waals surface area contributed by atoms with Crippen molar-refractivity contribution in [2.75, 3.05) is 38.8 Å². The molecule has 0 spiro atoms. The molecule has 1 aliphatic rings. The quantitative estimate of drug-likeness (QED) is 0.574. The molecule has 1 saturated heterocycles. The van der Waals surface area contributed by atoms with Crippen LogP contribution in [-0.2, 0) is 14.6 Å². The van der Waals surface area contributed by atoms with Gasteiger partial charge in [-0.1, -0.05) is 20.8 Å². The number of methoxy groups -OCH3 is 1. The molecule has 1 rings (SSSR count). The molecule has 21 heavy (non-hydrogen) atoms.